The Kier molecular flexibility index (Phi) is 13.7. The van der Waals surface area contributed by atoms with Crippen LogP contribution in [0.3, 0.4) is 0 Å². The van der Waals surface area contributed by atoms with E-state index in [-0.39, 0.29) is 17.9 Å². The smallest absolute Gasteiger partial charge is 0.404 e. The molecule has 3 fully saturated rings. The van der Waals surface area contributed by atoms with Crippen molar-refractivity contribution in [3.8, 4) is 0 Å². The zero-order valence-electron chi connectivity index (χ0n) is 28.9. The van der Waals surface area contributed by atoms with Crippen molar-refractivity contribution in [3.63, 3.8) is 0 Å². The molecule has 3 aliphatic rings. The topological polar surface area (TPSA) is 120 Å². The lowest BCUT2D eigenvalue weighted by Gasteiger charge is -2.26. The van der Waals surface area contributed by atoms with Crippen molar-refractivity contribution in [2.75, 3.05) is 26.7 Å². The van der Waals surface area contributed by atoms with Crippen molar-refractivity contribution in [3.05, 3.63) is 126 Å². The number of likely N-dealkylation sites (N-methyl/N-ethyl adjacent to an activating group) is 1. The Labute approximate surface area is 297 Å². The molecule has 2 amide bonds. The SMILES string of the molecule is C=C(CN1CC2CC1C2)C(=O)NCc1ccccc1.CCN(C)C(=Nc1ccccc1)/C(=C\N)CC(C=O)NC(=O)c1cccc(C(F)(F)F)c1. The number of rotatable bonds is 13. The summed E-state index contributed by atoms with van der Waals surface area (Å²) in [4.78, 5) is 45.0. The number of carbonyl (C=O) groups is 3. The van der Waals surface area contributed by atoms with Crippen molar-refractivity contribution in [2.45, 2.75) is 51.0 Å². The predicted molar refractivity (Wildman–Crippen MR) is 193 cm³/mol. The number of nitrogens with two attached hydrogens (primary N) is 1. The number of nitrogens with one attached hydrogen (secondary N) is 2. The predicted octanol–water partition coefficient (Wildman–Crippen LogP) is 5.87. The highest BCUT2D eigenvalue weighted by Crippen LogP contribution is 2.40. The van der Waals surface area contributed by atoms with Crippen LogP contribution in [0.1, 0.15) is 47.7 Å². The van der Waals surface area contributed by atoms with Crippen molar-refractivity contribution in [1.82, 2.24) is 20.4 Å². The van der Waals surface area contributed by atoms with Gasteiger partial charge in [-0.3, -0.25) is 14.5 Å². The van der Waals surface area contributed by atoms with E-state index in [2.05, 4.69) is 27.1 Å². The van der Waals surface area contributed by atoms with E-state index in [0.717, 1.165) is 42.8 Å². The molecule has 1 saturated carbocycles. The maximum atomic E-state index is 12.9. The quantitative estimate of drug-likeness (QED) is 0.0888. The van der Waals surface area contributed by atoms with Gasteiger partial charge >= 0.3 is 6.18 Å². The summed E-state index contributed by atoms with van der Waals surface area (Å²) in [7, 11) is 1.81. The number of amides is 2. The van der Waals surface area contributed by atoms with Crippen LogP contribution >= 0.6 is 0 Å². The van der Waals surface area contributed by atoms with Gasteiger partial charge < -0.3 is 26.1 Å². The van der Waals surface area contributed by atoms with Gasteiger partial charge in [-0.2, -0.15) is 13.2 Å². The van der Waals surface area contributed by atoms with Gasteiger partial charge in [0.15, 0.2) is 0 Å². The van der Waals surface area contributed by atoms with Crippen LogP contribution in [0.25, 0.3) is 0 Å². The first-order valence-corrected chi connectivity index (χ1v) is 16.8. The van der Waals surface area contributed by atoms with E-state index >= 15 is 0 Å². The molecular weight excluding hydrogens is 657 g/mol. The fourth-order valence-corrected chi connectivity index (χ4v) is 5.91. The Balaban J connectivity index is 0.000000258. The Morgan fingerprint density at radius 3 is 2.29 bits per heavy atom. The summed E-state index contributed by atoms with van der Waals surface area (Å²) in [5.41, 5.74) is 7.64. The third-order valence-corrected chi connectivity index (χ3v) is 8.92. The normalized spacial score (nSPS) is 17.7. The van der Waals surface area contributed by atoms with Gasteiger partial charge in [-0.1, -0.05) is 61.2 Å². The lowest BCUT2D eigenvalue weighted by atomic mass is 9.86. The molecule has 6 rings (SSSR count). The van der Waals surface area contributed by atoms with Gasteiger partial charge in [0.25, 0.3) is 5.91 Å². The summed E-state index contributed by atoms with van der Waals surface area (Å²) in [6, 6.07) is 22.8. The molecule has 2 bridgehead atoms. The number of halogens is 3. The zero-order chi connectivity index (χ0) is 37.0. The van der Waals surface area contributed by atoms with E-state index in [1.165, 1.54) is 25.1 Å². The van der Waals surface area contributed by atoms with E-state index in [9.17, 15) is 27.6 Å². The van der Waals surface area contributed by atoms with Gasteiger partial charge in [0.05, 0.1) is 17.3 Å². The Morgan fingerprint density at radius 2 is 1.73 bits per heavy atom. The zero-order valence-corrected chi connectivity index (χ0v) is 28.9. The lowest BCUT2D eigenvalue weighted by Crippen LogP contribution is -2.38. The first kappa shape index (κ1) is 38.6. The summed E-state index contributed by atoms with van der Waals surface area (Å²) >= 11 is 0. The van der Waals surface area contributed by atoms with Crippen molar-refractivity contribution in [1.29, 1.82) is 0 Å². The van der Waals surface area contributed by atoms with Crippen LogP contribution in [0, 0.1) is 5.92 Å². The maximum Gasteiger partial charge on any atom is 0.416 e. The largest absolute Gasteiger partial charge is 0.416 e. The molecule has 1 atom stereocenters. The minimum Gasteiger partial charge on any atom is -0.404 e. The third kappa shape index (κ3) is 11.1. The van der Waals surface area contributed by atoms with Crippen LogP contribution in [0.5, 0.6) is 0 Å². The van der Waals surface area contributed by atoms with Gasteiger partial charge in [0.2, 0.25) is 5.91 Å². The van der Waals surface area contributed by atoms with E-state index in [1.54, 1.807) is 0 Å². The summed E-state index contributed by atoms with van der Waals surface area (Å²) in [6.07, 6.45) is -0.107. The number of alkyl halides is 3. The minimum absolute atomic E-state index is 0.0146. The summed E-state index contributed by atoms with van der Waals surface area (Å²) in [5.74, 6) is 0.578. The van der Waals surface area contributed by atoms with E-state index in [0.29, 0.717) is 48.1 Å². The van der Waals surface area contributed by atoms with Gasteiger partial charge in [-0.05, 0) is 61.6 Å². The molecule has 2 heterocycles. The number of carbonyl (C=O) groups excluding carboxylic acids is 3. The first-order valence-electron chi connectivity index (χ1n) is 16.8. The highest BCUT2D eigenvalue weighted by molar-refractivity contribution is 6.01. The molecule has 0 aromatic heterocycles. The first-order chi connectivity index (χ1) is 24.4. The van der Waals surface area contributed by atoms with E-state index in [4.69, 9.17) is 5.73 Å². The second-order valence-electron chi connectivity index (χ2n) is 12.7. The second-order valence-corrected chi connectivity index (χ2v) is 12.7. The number of para-hydroxylation sites is 1. The fraction of sp³-hybridized carbons (Fsp3) is 0.333. The number of nitrogens with zero attached hydrogens (tertiary/aromatic N) is 3. The molecule has 2 aliphatic heterocycles. The van der Waals surface area contributed by atoms with Crippen LogP contribution in [-0.2, 0) is 22.3 Å². The van der Waals surface area contributed by atoms with Crippen LogP contribution in [0.15, 0.2) is 114 Å². The molecule has 51 heavy (non-hydrogen) atoms. The van der Waals surface area contributed by atoms with Crippen LogP contribution < -0.4 is 16.4 Å². The number of aldehydes is 1. The average molecular weight is 703 g/mol. The number of amidine groups is 1. The Morgan fingerprint density at radius 1 is 1.06 bits per heavy atom. The van der Waals surface area contributed by atoms with Crippen LogP contribution in [0.2, 0.25) is 0 Å². The molecule has 4 N–H and O–H groups in total. The summed E-state index contributed by atoms with van der Waals surface area (Å²) in [6.45, 7) is 8.90. The highest BCUT2D eigenvalue weighted by Gasteiger charge is 2.42. The number of hydrogen-bond acceptors (Lipinski definition) is 6. The van der Waals surface area contributed by atoms with Crippen LogP contribution in [0.4, 0.5) is 18.9 Å². The highest BCUT2D eigenvalue weighted by atomic mass is 19.4. The molecule has 12 heteroatoms. The van der Waals surface area contributed by atoms with Gasteiger partial charge in [-0.15, -0.1) is 0 Å². The summed E-state index contributed by atoms with van der Waals surface area (Å²) in [5, 5.41) is 5.39. The molecule has 2 saturated heterocycles. The molecule has 3 aromatic carbocycles. The van der Waals surface area contributed by atoms with Gasteiger partial charge in [0.1, 0.15) is 12.1 Å². The molecular formula is C39H45F3N6O3. The standard InChI is InChI=1S/C23H25F3N4O2.C16H20N2O/c1-3-30(2)21(28-19-10-5-4-6-11-19)17(14-27)13-20(15-31)29-22(32)16-8-7-9-18(12-16)23(24,25)26;1-12(10-18-11-14-7-15(18)8-14)16(19)17-9-13-5-3-2-4-6-13/h4-12,14-15,20H,3,13,27H2,1-2H3,(H,29,32);2-6,14-15H,1,7-11H2,(H,17,19)/b17-14-,28-21?;. The molecule has 3 aromatic rings. The summed E-state index contributed by atoms with van der Waals surface area (Å²) < 4.78 is 38.8. The van der Waals surface area contributed by atoms with Crippen molar-refractivity contribution in [2.24, 2.45) is 16.6 Å². The monoisotopic (exact) mass is 702 g/mol. The second kappa shape index (κ2) is 18.1. The molecule has 9 nitrogen and oxygen atoms in total. The number of aliphatic imine (C=N–C) groups is 1. The maximum absolute atomic E-state index is 12.9. The van der Waals surface area contributed by atoms with Crippen LogP contribution in [-0.4, -0.2) is 72.5 Å². The number of fused-ring (bicyclic) bond motifs is 1. The lowest BCUT2D eigenvalue weighted by molar-refractivity contribution is -0.137. The van der Waals surface area contributed by atoms with Gasteiger partial charge in [0, 0.05) is 68.6 Å². The number of hydrogen-bond donors (Lipinski definition) is 3. The fourth-order valence-electron chi connectivity index (χ4n) is 5.91. The number of benzene rings is 3. The van der Waals surface area contributed by atoms with Crippen molar-refractivity contribution >= 4 is 29.6 Å². The molecule has 270 valence electrons. The van der Waals surface area contributed by atoms with E-state index < -0.39 is 23.7 Å². The van der Waals surface area contributed by atoms with E-state index in [1.807, 2.05) is 79.5 Å². The molecule has 0 spiro atoms. The average Bonchev–Trinajstić information content (AvgIpc) is 3.72. The van der Waals surface area contributed by atoms with Crippen molar-refractivity contribution < 1.29 is 27.6 Å². The third-order valence-electron chi connectivity index (χ3n) is 8.92. The Hall–Kier alpha value is -5.23. The van der Waals surface area contributed by atoms with Gasteiger partial charge in [-0.25, -0.2) is 4.99 Å². The molecule has 1 aliphatic carbocycles. The molecule has 0 radical (unpaired) electrons. The minimum atomic E-state index is -4.58. The molecule has 1 unspecified atom stereocenters. The Bertz CT molecular complexity index is 1710.